The van der Waals surface area contributed by atoms with E-state index in [2.05, 4.69) is 5.32 Å². The fraction of sp³-hybridized carbons (Fsp3) is 0.364. The predicted molar refractivity (Wildman–Crippen MR) is 106 cm³/mol. The number of hydrogen-bond donors (Lipinski definition) is 2. The Morgan fingerprint density at radius 1 is 1.04 bits per heavy atom. The highest BCUT2D eigenvalue weighted by molar-refractivity contribution is 5.96. The van der Waals surface area contributed by atoms with E-state index in [-0.39, 0.29) is 18.6 Å². The van der Waals surface area contributed by atoms with Gasteiger partial charge in [0.2, 0.25) is 0 Å². The molecule has 1 atom stereocenters. The summed E-state index contributed by atoms with van der Waals surface area (Å²) in [7, 11) is 0. The van der Waals surface area contributed by atoms with Crippen molar-refractivity contribution < 1.29 is 24.2 Å². The average molecular weight is 385 g/mol. The van der Waals surface area contributed by atoms with Gasteiger partial charge in [0, 0.05) is 18.6 Å². The van der Waals surface area contributed by atoms with Gasteiger partial charge in [-0.1, -0.05) is 30.3 Å². The van der Waals surface area contributed by atoms with Gasteiger partial charge in [-0.25, -0.2) is 4.79 Å². The molecule has 0 aliphatic carbocycles. The minimum Gasteiger partial charge on any atom is -0.489 e. The molecule has 6 nitrogen and oxygen atoms in total. The van der Waals surface area contributed by atoms with Crippen LogP contribution in [0.25, 0.3) is 0 Å². The number of benzene rings is 2. The fourth-order valence-corrected chi connectivity index (χ4v) is 2.42. The summed E-state index contributed by atoms with van der Waals surface area (Å²) in [6.45, 7) is 6.31. The SMILES string of the molecule is CC(C)(C)OCCC(NC(=O)c1ccc(COc2ccccc2)cc1)C(=O)O. The number of ether oxygens (including phenoxy) is 2. The van der Waals surface area contributed by atoms with Gasteiger partial charge in [0.25, 0.3) is 5.91 Å². The molecular weight excluding hydrogens is 358 g/mol. The zero-order chi connectivity index (χ0) is 20.6. The van der Waals surface area contributed by atoms with Gasteiger partial charge in [0.1, 0.15) is 18.4 Å². The summed E-state index contributed by atoms with van der Waals surface area (Å²) in [4.78, 5) is 23.8. The molecule has 0 heterocycles. The summed E-state index contributed by atoms with van der Waals surface area (Å²) in [6.07, 6.45) is 0.196. The van der Waals surface area contributed by atoms with Gasteiger partial charge in [-0.15, -0.1) is 0 Å². The van der Waals surface area contributed by atoms with Gasteiger partial charge in [-0.05, 0) is 50.6 Å². The average Bonchev–Trinajstić information content (AvgIpc) is 2.65. The second kappa shape index (κ2) is 9.90. The second-order valence-electron chi connectivity index (χ2n) is 7.41. The van der Waals surface area contributed by atoms with Crippen LogP contribution >= 0.6 is 0 Å². The van der Waals surface area contributed by atoms with Gasteiger partial charge >= 0.3 is 5.97 Å². The molecule has 0 bridgehead atoms. The summed E-state index contributed by atoms with van der Waals surface area (Å²) < 4.78 is 11.2. The zero-order valence-corrected chi connectivity index (χ0v) is 16.5. The van der Waals surface area contributed by atoms with Crippen LogP contribution in [0.3, 0.4) is 0 Å². The molecule has 2 aromatic rings. The van der Waals surface area contributed by atoms with Crippen LogP contribution in [0.4, 0.5) is 0 Å². The Labute approximate surface area is 165 Å². The van der Waals surface area contributed by atoms with E-state index >= 15 is 0 Å². The van der Waals surface area contributed by atoms with Gasteiger partial charge in [0.05, 0.1) is 5.60 Å². The van der Waals surface area contributed by atoms with E-state index in [0.717, 1.165) is 11.3 Å². The number of para-hydroxylation sites is 1. The van der Waals surface area contributed by atoms with Crippen molar-refractivity contribution in [3.05, 3.63) is 65.7 Å². The summed E-state index contributed by atoms with van der Waals surface area (Å²) in [6, 6.07) is 15.3. The molecule has 1 amide bonds. The first-order valence-electron chi connectivity index (χ1n) is 9.19. The molecule has 2 rings (SSSR count). The third kappa shape index (κ3) is 7.40. The molecule has 0 saturated heterocycles. The Hall–Kier alpha value is -2.86. The van der Waals surface area contributed by atoms with Crippen LogP contribution in [0.2, 0.25) is 0 Å². The Bertz CT molecular complexity index is 766. The minimum absolute atomic E-state index is 0.196. The number of amides is 1. The number of aliphatic carboxylic acids is 1. The number of carboxylic acids is 1. The summed E-state index contributed by atoms with van der Waals surface area (Å²) in [5, 5.41) is 11.9. The number of carbonyl (C=O) groups is 2. The molecule has 2 aromatic carbocycles. The predicted octanol–water partition coefficient (Wildman–Crippen LogP) is 3.65. The standard InChI is InChI=1S/C22H27NO5/c1-22(2,3)28-14-13-19(21(25)26)23-20(24)17-11-9-16(10-12-17)15-27-18-7-5-4-6-8-18/h4-12,19H,13-15H2,1-3H3,(H,23,24)(H,25,26). The molecule has 0 fully saturated rings. The maximum Gasteiger partial charge on any atom is 0.326 e. The first-order valence-corrected chi connectivity index (χ1v) is 9.19. The van der Waals surface area contributed by atoms with E-state index < -0.39 is 17.9 Å². The lowest BCUT2D eigenvalue weighted by molar-refractivity contribution is -0.140. The lowest BCUT2D eigenvalue weighted by Gasteiger charge is -2.21. The lowest BCUT2D eigenvalue weighted by atomic mass is 10.1. The monoisotopic (exact) mass is 385 g/mol. The van der Waals surface area contributed by atoms with Gasteiger partial charge in [0.15, 0.2) is 0 Å². The maximum atomic E-state index is 12.4. The number of hydrogen-bond acceptors (Lipinski definition) is 4. The van der Waals surface area contributed by atoms with Gasteiger partial charge in [-0.3, -0.25) is 4.79 Å². The van der Waals surface area contributed by atoms with E-state index in [1.807, 2.05) is 51.1 Å². The lowest BCUT2D eigenvalue weighted by Crippen LogP contribution is -2.42. The molecule has 0 spiro atoms. The van der Waals surface area contributed by atoms with E-state index in [1.54, 1.807) is 24.3 Å². The molecule has 2 N–H and O–H groups in total. The molecule has 0 saturated carbocycles. The van der Waals surface area contributed by atoms with E-state index in [9.17, 15) is 14.7 Å². The topological polar surface area (TPSA) is 84.9 Å². The van der Waals surface area contributed by atoms with Crippen molar-refractivity contribution in [3.63, 3.8) is 0 Å². The Kier molecular flexibility index (Phi) is 7.58. The second-order valence-corrected chi connectivity index (χ2v) is 7.41. The molecule has 0 aliphatic heterocycles. The van der Waals surface area contributed by atoms with Crippen molar-refractivity contribution in [2.75, 3.05) is 6.61 Å². The first kappa shape index (κ1) is 21.4. The van der Waals surface area contributed by atoms with Gasteiger partial charge < -0.3 is 19.9 Å². The molecular formula is C22H27NO5. The van der Waals surface area contributed by atoms with E-state index in [1.165, 1.54) is 0 Å². The molecule has 1 unspecified atom stereocenters. The normalized spacial score (nSPS) is 12.2. The molecule has 28 heavy (non-hydrogen) atoms. The van der Waals surface area contributed by atoms with Crippen molar-refractivity contribution in [1.29, 1.82) is 0 Å². The first-order chi connectivity index (χ1) is 13.2. The fourth-order valence-electron chi connectivity index (χ4n) is 2.42. The zero-order valence-electron chi connectivity index (χ0n) is 16.5. The van der Waals surface area contributed by atoms with Crippen LogP contribution in [0.1, 0.15) is 43.1 Å². The molecule has 6 heteroatoms. The third-order valence-corrected chi connectivity index (χ3v) is 3.91. The van der Waals surface area contributed by atoms with Crippen molar-refractivity contribution >= 4 is 11.9 Å². The molecule has 0 aliphatic rings. The number of carboxylic acid groups (broad SMARTS) is 1. The number of rotatable bonds is 9. The van der Waals surface area contributed by atoms with Crippen LogP contribution in [0.5, 0.6) is 5.75 Å². The number of nitrogens with one attached hydrogen (secondary N) is 1. The molecule has 150 valence electrons. The Balaban J connectivity index is 1.88. The quantitative estimate of drug-likeness (QED) is 0.688. The highest BCUT2D eigenvalue weighted by Gasteiger charge is 2.21. The Morgan fingerprint density at radius 2 is 1.68 bits per heavy atom. The van der Waals surface area contributed by atoms with Crippen LogP contribution in [0, 0.1) is 0 Å². The van der Waals surface area contributed by atoms with Gasteiger partial charge in [-0.2, -0.15) is 0 Å². The molecule has 0 aromatic heterocycles. The third-order valence-electron chi connectivity index (χ3n) is 3.91. The highest BCUT2D eigenvalue weighted by Crippen LogP contribution is 2.13. The van der Waals surface area contributed by atoms with Crippen LogP contribution in [0.15, 0.2) is 54.6 Å². The van der Waals surface area contributed by atoms with Crippen LogP contribution < -0.4 is 10.1 Å². The smallest absolute Gasteiger partial charge is 0.326 e. The minimum atomic E-state index is -1.08. The van der Waals surface area contributed by atoms with E-state index in [4.69, 9.17) is 9.47 Å². The van der Waals surface area contributed by atoms with Crippen molar-refractivity contribution in [3.8, 4) is 5.75 Å². The van der Waals surface area contributed by atoms with Crippen molar-refractivity contribution in [2.45, 2.75) is 45.4 Å². The van der Waals surface area contributed by atoms with Crippen molar-refractivity contribution in [2.24, 2.45) is 0 Å². The Morgan fingerprint density at radius 3 is 2.25 bits per heavy atom. The summed E-state index contributed by atoms with van der Waals surface area (Å²) >= 11 is 0. The van der Waals surface area contributed by atoms with E-state index in [0.29, 0.717) is 12.2 Å². The highest BCUT2D eigenvalue weighted by atomic mass is 16.5. The summed E-state index contributed by atoms with van der Waals surface area (Å²) in [5.41, 5.74) is 0.949. The maximum absolute atomic E-state index is 12.4. The van der Waals surface area contributed by atoms with Crippen molar-refractivity contribution in [1.82, 2.24) is 5.32 Å². The van der Waals surface area contributed by atoms with Crippen LogP contribution in [-0.2, 0) is 16.1 Å². The molecule has 0 radical (unpaired) electrons. The number of carbonyl (C=O) groups excluding carboxylic acids is 1. The largest absolute Gasteiger partial charge is 0.489 e. The van der Waals surface area contributed by atoms with Crippen LogP contribution in [-0.4, -0.2) is 35.2 Å². The summed E-state index contributed by atoms with van der Waals surface area (Å²) in [5.74, 6) is -0.747.